The lowest BCUT2D eigenvalue weighted by atomic mass is 10.1. The Morgan fingerprint density at radius 2 is 2.06 bits per heavy atom. The highest BCUT2D eigenvalue weighted by atomic mass is 16.3. The monoisotopic (exact) mass is 245 g/mol. The second-order valence-electron chi connectivity index (χ2n) is 4.36. The Morgan fingerprint density at radius 1 is 1.28 bits per heavy atom. The summed E-state index contributed by atoms with van der Waals surface area (Å²) < 4.78 is 1.91. The van der Waals surface area contributed by atoms with Crippen molar-refractivity contribution >= 4 is 0 Å². The number of hydrogen-bond donors (Lipinski definition) is 1. The second kappa shape index (κ2) is 6.31. The van der Waals surface area contributed by atoms with Gasteiger partial charge in [-0.2, -0.15) is 5.10 Å². The average molecular weight is 245 g/mol. The molecule has 0 saturated carbocycles. The van der Waals surface area contributed by atoms with Crippen LogP contribution in [0.2, 0.25) is 0 Å². The van der Waals surface area contributed by atoms with E-state index in [-0.39, 0.29) is 0 Å². The van der Waals surface area contributed by atoms with Crippen LogP contribution >= 0.6 is 0 Å². The van der Waals surface area contributed by atoms with E-state index in [4.69, 9.17) is 0 Å². The van der Waals surface area contributed by atoms with E-state index in [1.807, 2.05) is 35.0 Å². The zero-order valence-electron chi connectivity index (χ0n) is 10.7. The highest BCUT2D eigenvalue weighted by Crippen LogP contribution is 2.17. The maximum atomic E-state index is 10.1. The molecule has 1 aromatic heterocycles. The van der Waals surface area contributed by atoms with E-state index < -0.39 is 6.10 Å². The minimum Gasteiger partial charge on any atom is -0.388 e. The summed E-state index contributed by atoms with van der Waals surface area (Å²) in [6.45, 7) is 3.00. The fourth-order valence-electron chi connectivity index (χ4n) is 1.99. The van der Waals surface area contributed by atoms with Gasteiger partial charge in [-0.15, -0.1) is 0 Å². The number of aryl methyl sites for hydroxylation is 2. The Bertz CT molecular complexity index is 467. The number of benzene rings is 1. The lowest BCUT2D eigenvalue weighted by Crippen LogP contribution is -2.07. The summed E-state index contributed by atoms with van der Waals surface area (Å²) in [6.07, 6.45) is 3.61. The molecule has 18 heavy (non-hydrogen) atoms. The zero-order valence-corrected chi connectivity index (χ0v) is 10.7. The number of hydrogen-bond acceptors (Lipinski definition) is 3. The summed E-state index contributed by atoms with van der Waals surface area (Å²) >= 11 is 0. The van der Waals surface area contributed by atoms with Crippen molar-refractivity contribution in [1.29, 1.82) is 0 Å². The Balaban J connectivity index is 1.93. The van der Waals surface area contributed by atoms with Crippen molar-refractivity contribution in [2.75, 3.05) is 0 Å². The van der Waals surface area contributed by atoms with E-state index in [9.17, 15) is 5.11 Å². The molecule has 0 saturated heterocycles. The number of aliphatic hydroxyl groups is 1. The van der Waals surface area contributed by atoms with Crippen LogP contribution in [0.3, 0.4) is 0 Å². The fourth-order valence-corrected chi connectivity index (χ4v) is 1.99. The molecular weight excluding hydrogens is 226 g/mol. The van der Waals surface area contributed by atoms with Gasteiger partial charge in [0.25, 0.3) is 0 Å². The summed E-state index contributed by atoms with van der Waals surface area (Å²) in [5.41, 5.74) is 0.957. The van der Waals surface area contributed by atoms with Crippen molar-refractivity contribution in [2.24, 2.45) is 0 Å². The van der Waals surface area contributed by atoms with Gasteiger partial charge in [-0.1, -0.05) is 37.3 Å². The quantitative estimate of drug-likeness (QED) is 0.850. The van der Waals surface area contributed by atoms with Gasteiger partial charge in [-0.25, -0.2) is 4.98 Å². The molecule has 0 aliphatic carbocycles. The van der Waals surface area contributed by atoms with Crippen LogP contribution in [0.15, 0.2) is 36.7 Å². The third kappa shape index (κ3) is 3.17. The molecule has 1 atom stereocenters. The molecule has 1 N–H and O–H groups in total. The lowest BCUT2D eigenvalue weighted by molar-refractivity contribution is 0.166. The van der Waals surface area contributed by atoms with Crippen LogP contribution in [0.25, 0.3) is 0 Å². The summed E-state index contributed by atoms with van der Waals surface area (Å²) in [6, 6.07) is 9.73. The first-order valence-electron chi connectivity index (χ1n) is 6.41. The van der Waals surface area contributed by atoms with Gasteiger partial charge in [0.15, 0.2) is 0 Å². The van der Waals surface area contributed by atoms with Gasteiger partial charge >= 0.3 is 0 Å². The first kappa shape index (κ1) is 12.8. The molecule has 0 aliphatic rings. The van der Waals surface area contributed by atoms with Gasteiger partial charge < -0.3 is 5.11 Å². The van der Waals surface area contributed by atoms with Crippen molar-refractivity contribution in [1.82, 2.24) is 14.8 Å². The summed E-state index contributed by atoms with van der Waals surface area (Å²) in [5, 5.41) is 14.3. The van der Waals surface area contributed by atoms with Gasteiger partial charge in [0.2, 0.25) is 0 Å². The number of aromatic nitrogens is 3. The average Bonchev–Trinajstić information content (AvgIpc) is 2.85. The molecule has 2 rings (SSSR count). The Labute approximate surface area is 107 Å². The number of rotatable bonds is 6. The van der Waals surface area contributed by atoms with Gasteiger partial charge in [0, 0.05) is 13.0 Å². The molecule has 0 amide bonds. The van der Waals surface area contributed by atoms with Gasteiger partial charge in [0.05, 0.1) is 6.10 Å². The van der Waals surface area contributed by atoms with E-state index in [0.717, 1.165) is 30.8 Å². The van der Waals surface area contributed by atoms with E-state index in [1.54, 1.807) is 6.33 Å². The van der Waals surface area contributed by atoms with Crippen LogP contribution in [0.4, 0.5) is 0 Å². The molecule has 1 aromatic carbocycles. The molecular formula is C14H19N3O. The standard InChI is InChI=1S/C14H19N3O/c1-2-10-17-14(15-11-16-17)9-8-13(18)12-6-4-3-5-7-12/h3-7,11,13,18H,2,8-10H2,1H3. The van der Waals surface area contributed by atoms with E-state index in [0.29, 0.717) is 6.42 Å². The first-order valence-corrected chi connectivity index (χ1v) is 6.41. The van der Waals surface area contributed by atoms with Crippen molar-refractivity contribution in [3.63, 3.8) is 0 Å². The molecule has 2 aromatic rings. The molecule has 96 valence electrons. The number of aliphatic hydroxyl groups excluding tert-OH is 1. The van der Waals surface area contributed by atoms with Crippen LogP contribution < -0.4 is 0 Å². The third-order valence-electron chi connectivity index (χ3n) is 2.96. The molecule has 4 nitrogen and oxygen atoms in total. The largest absolute Gasteiger partial charge is 0.388 e. The van der Waals surface area contributed by atoms with Crippen molar-refractivity contribution < 1.29 is 5.11 Å². The Morgan fingerprint density at radius 3 is 2.78 bits per heavy atom. The second-order valence-corrected chi connectivity index (χ2v) is 4.36. The normalized spacial score (nSPS) is 12.6. The van der Waals surface area contributed by atoms with E-state index >= 15 is 0 Å². The highest BCUT2D eigenvalue weighted by Gasteiger charge is 2.10. The SMILES string of the molecule is CCCn1ncnc1CCC(O)c1ccccc1. The molecule has 1 unspecified atom stereocenters. The zero-order chi connectivity index (χ0) is 12.8. The minimum atomic E-state index is -0.432. The third-order valence-corrected chi connectivity index (χ3v) is 2.96. The molecule has 0 bridgehead atoms. The van der Waals surface area contributed by atoms with Crippen LogP contribution in [0.1, 0.15) is 37.3 Å². The summed E-state index contributed by atoms with van der Waals surface area (Å²) in [7, 11) is 0. The number of nitrogens with zero attached hydrogens (tertiary/aromatic N) is 3. The predicted octanol–water partition coefficient (Wildman–Crippen LogP) is 2.35. The van der Waals surface area contributed by atoms with Crippen LogP contribution in [-0.4, -0.2) is 19.9 Å². The maximum Gasteiger partial charge on any atom is 0.138 e. The Kier molecular flexibility index (Phi) is 4.47. The van der Waals surface area contributed by atoms with Crippen molar-refractivity contribution in [3.8, 4) is 0 Å². The predicted molar refractivity (Wildman–Crippen MR) is 70.0 cm³/mol. The smallest absolute Gasteiger partial charge is 0.138 e. The summed E-state index contributed by atoms with van der Waals surface area (Å²) in [5.74, 6) is 0.951. The highest BCUT2D eigenvalue weighted by molar-refractivity contribution is 5.17. The molecule has 0 aliphatic heterocycles. The summed E-state index contributed by atoms with van der Waals surface area (Å²) in [4.78, 5) is 4.24. The van der Waals surface area contributed by atoms with Crippen LogP contribution in [-0.2, 0) is 13.0 Å². The fraction of sp³-hybridized carbons (Fsp3) is 0.429. The molecule has 0 spiro atoms. The molecule has 0 radical (unpaired) electrons. The van der Waals surface area contributed by atoms with Gasteiger partial charge in [-0.05, 0) is 18.4 Å². The molecule has 4 heteroatoms. The van der Waals surface area contributed by atoms with Crippen LogP contribution in [0.5, 0.6) is 0 Å². The lowest BCUT2D eigenvalue weighted by Gasteiger charge is -2.10. The molecule has 1 heterocycles. The Hall–Kier alpha value is -1.68. The first-order chi connectivity index (χ1) is 8.81. The van der Waals surface area contributed by atoms with Gasteiger partial charge in [-0.3, -0.25) is 4.68 Å². The van der Waals surface area contributed by atoms with E-state index in [1.165, 1.54) is 0 Å². The van der Waals surface area contributed by atoms with Gasteiger partial charge in [0.1, 0.15) is 12.2 Å². The topological polar surface area (TPSA) is 50.9 Å². The van der Waals surface area contributed by atoms with Crippen molar-refractivity contribution in [2.45, 2.75) is 38.8 Å². The molecule has 0 fully saturated rings. The van der Waals surface area contributed by atoms with E-state index in [2.05, 4.69) is 17.0 Å². The minimum absolute atomic E-state index is 0.432. The maximum absolute atomic E-state index is 10.1. The van der Waals surface area contributed by atoms with Crippen molar-refractivity contribution in [3.05, 3.63) is 48.0 Å². The van der Waals surface area contributed by atoms with Crippen LogP contribution in [0, 0.1) is 0 Å².